The fraction of sp³-hybridized carbons (Fsp3) is 0.438. The largest absolute Gasteiger partial charge is 0.393 e. The number of aliphatic hydroxyl groups excluding tert-OH is 1. The lowest BCUT2D eigenvalue weighted by atomic mass is 9.93. The van der Waals surface area contributed by atoms with Gasteiger partial charge in [-0.05, 0) is 43.9 Å². The molecule has 1 heterocycles. The highest BCUT2D eigenvalue weighted by Gasteiger charge is 2.18. The van der Waals surface area contributed by atoms with Crippen molar-refractivity contribution in [1.82, 2.24) is 15.1 Å². The number of hydrogen-bond donors (Lipinski definition) is 2. The quantitative estimate of drug-likeness (QED) is 0.897. The maximum Gasteiger partial charge on any atom is 0.0766 e. The third-order valence-electron chi connectivity index (χ3n) is 3.93. The van der Waals surface area contributed by atoms with Crippen LogP contribution in [-0.4, -0.2) is 27.0 Å². The van der Waals surface area contributed by atoms with E-state index < -0.39 is 0 Å². The zero-order valence-corrected chi connectivity index (χ0v) is 11.6. The minimum atomic E-state index is -0.0923. The van der Waals surface area contributed by atoms with Gasteiger partial charge in [-0.1, -0.05) is 18.2 Å². The van der Waals surface area contributed by atoms with Gasteiger partial charge in [0.15, 0.2) is 0 Å². The van der Waals surface area contributed by atoms with Crippen LogP contribution in [0.1, 0.15) is 31.4 Å². The molecule has 4 heteroatoms. The predicted molar refractivity (Wildman–Crippen MR) is 78.7 cm³/mol. The molecule has 0 amide bonds. The SMILES string of the molecule is OC1CCC(NCc2ccn(-c3ccccc3)n2)CC1. The van der Waals surface area contributed by atoms with E-state index in [1.165, 1.54) is 0 Å². The van der Waals surface area contributed by atoms with Crippen molar-refractivity contribution in [2.75, 3.05) is 0 Å². The molecule has 2 N–H and O–H groups in total. The van der Waals surface area contributed by atoms with E-state index in [1.807, 2.05) is 41.2 Å². The molecule has 0 unspecified atom stereocenters. The van der Waals surface area contributed by atoms with Crippen LogP contribution in [0.3, 0.4) is 0 Å². The Hall–Kier alpha value is -1.65. The smallest absolute Gasteiger partial charge is 0.0766 e. The summed E-state index contributed by atoms with van der Waals surface area (Å²) in [6, 6.07) is 12.7. The molecule has 3 rings (SSSR count). The number of rotatable bonds is 4. The van der Waals surface area contributed by atoms with E-state index in [4.69, 9.17) is 0 Å². The number of nitrogens with zero attached hydrogens (tertiary/aromatic N) is 2. The van der Waals surface area contributed by atoms with E-state index in [9.17, 15) is 5.11 Å². The van der Waals surface area contributed by atoms with Crippen LogP contribution in [0.25, 0.3) is 5.69 Å². The van der Waals surface area contributed by atoms with E-state index in [-0.39, 0.29) is 6.10 Å². The summed E-state index contributed by atoms with van der Waals surface area (Å²) in [6.07, 6.45) is 5.84. The molecule has 0 atom stereocenters. The lowest BCUT2D eigenvalue weighted by Gasteiger charge is -2.25. The van der Waals surface area contributed by atoms with Crippen LogP contribution in [-0.2, 0) is 6.54 Å². The normalized spacial score (nSPS) is 22.9. The molecule has 4 nitrogen and oxygen atoms in total. The van der Waals surface area contributed by atoms with E-state index in [1.54, 1.807) is 0 Å². The van der Waals surface area contributed by atoms with Crippen LogP contribution in [0, 0.1) is 0 Å². The van der Waals surface area contributed by atoms with Gasteiger partial charge in [-0.3, -0.25) is 0 Å². The molecule has 106 valence electrons. The maximum atomic E-state index is 9.50. The second-order valence-corrected chi connectivity index (χ2v) is 5.47. The lowest BCUT2D eigenvalue weighted by molar-refractivity contribution is 0.116. The Morgan fingerprint density at radius 2 is 1.85 bits per heavy atom. The topological polar surface area (TPSA) is 50.1 Å². The van der Waals surface area contributed by atoms with Gasteiger partial charge in [0, 0.05) is 18.8 Å². The average Bonchev–Trinajstić information content (AvgIpc) is 2.97. The number of benzene rings is 1. The highest BCUT2D eigenvalue weighted by molar-refractivity contribution is 5.30. The Kier molecular flexibility index (Phi) is 4.14. The fourth-order valence-corrected chi connectivity index (χ4v) is 2.71. The Morgan fingerprint density at radius 3 is 2.60 bits per heavy atom. The molecule has 1 aliphatic rings. The van der Waals surface area contributed by atoms with Gasteiger partial charge >= 0.3 is 0 Å². The van der Waals surface area contributed by atoms with E-state index in [0.29, 0.717) is 6.04 Å². The minimum Gasteiger partial charge on any atom is -0.393 e. The highest BCUT2D eigenvalue weighted by atomic mass is 16.3. The standard InChI is InChI=1S/C16H21N3O/c20-16-8-6-13(7-9-16)17-12-14-10-11-19(18-14)15-4-2-1-3-5-15/h1-5,10-11,13,16-17,20H,6-9,12H2. The zero-order valence-electron chi connectivity index (χ0n) is 11.6. The summed E-state index contributed by atoms with van der Waals surface area (Å²) >= 11 is 0. The predicted octanol–water partition coefficient (Wildman–Crippen LogP) is 2.27. The fourth-order valence-electron chi connectivity index (χ4n) is 2.71. The summed E-state index contributed by atoms with van der Waals surface area (Å²) in [5.41, 5.74) is 2.14. The maximum absolute atomic E-state index is 9.50. The Balaban J connectivity index is 1.55. The molecule has 1 aromatic carbocycles. The van der Waals surface area contributed by atoms with Gasteiger partial charge in [0.1, 0.15) is 0 Å². The molecule has 0 radical (unpaired) electrons. The first-order valence-electron chi connectivity index (χ1n) is 7.33. The van der Waals surface area contributed by atoms with Crippen LogP contribution >= 0.6 is 0 Å². The molecule has 1 saturated carbocycles. The second kappa shape index (κ2) is 6.20. The van der Waals surface area contributed by atoms with Crippen molar-refractivity contribution in [3.63, 3.8) is 0 Å². The summed E-state index contributed by atoms with van der Waals surface area (Å²) in [5, 5.41) is 17.6. The zero-order chi connectivity index (χ0) is 13.8. The van der Waals surface area contributed by atoms with Crippen LogP contribution in [0.5, 0.6) is 0 Å². The Bertz CT molecular complexity index is 530. The van der Waals surface area contributed by atoms with Crippen molar-refractivity contribution in [2.24, 2.45) is 0 Å². The molecule has 2 aromatic rings. The summed E-state index contributed by atoms with van der Waals surface area (Å²) in [5.74, 6) is 0. The number of hydrogen-bond acceptors (Lipinski definition) is 3. The van der Waals surface area contributed by atoms with Crippen molar-refractivity contribution in [3.05, 3.63) is 48.3 Å². The first-order valence-corrected chi connectivity index (χ1v) is 7.33. The van der Waals surface area contributed by atoms with E-state index in [2.05, 4.69) is 16.5 Å². The van der Waals surface area contributed by atoms with Crippen molar-refractivity contribution in [1.29, 1.82) is 0 Å². The summed E-state index contributed by atoms with van der Waals surface area (Å²) in [7, 11) is 0. The first-order chi connectivity index (χ1) is 9.81. The third kappa shape index (κ3) is 3.26. The van der Waals surface area contributed by atoms with Gasteiger partial charge in [-0.2, -0.15) is 5.10 Å². The molecule has 0 saturated heterocycles. The van der Waals surface area contributed by atoms with Crippen LogP contribution in [0.15, 0.2) is 42.6 Å². The first kappa shape index (κ1) is 13.3. The minimum absolute atomic E-state index is 0.0923. The molecular weight excluding hydrogens is 250 g/mol. The van der Waals surface area contributed by atoms with Crippen molar-refractivity contribution < 1.29 is 5.11 Å². The molecule has 0 spiro atoms. The van der Waals surface area contributed by atoms with Crippen LogP contribution < -0.4 is 5.32 Å². The summed E-state index contributed by atoms with van der Waals surface area (Å²) in [4.78, 5) is 0. The second-order valence-electron chi connectivity index (χ2n) is 5.47. The van der Waals surface area contributed by atoms with Crippen molar-refractivity contribution >= 4 is 0 Å². The van der Waals surface area contributed by atoms with Gasteiger partial charge in [0.05, 0.1) is 17.5 Å². The average molecular weight is 271 g/mol. The lowest BCUT2D eigenvalue weighted by Crippen LogP contribution is -2.34. The number of aromatic nitrogens is 2. The summed E-state index contributed by atoms with van der Waals surface area (Å²) in [6.45, 7) is 0.792. The Morgan fingerprint density at radius 1 is 1.10 bits per heavy atom. The monoisotopic (exact) mass is 271 g/mol. The molecule has 0 bridgehead atoms. The number of nitrogens with one attached hydrogen (secondary N) is 1. The van der Waals surface area contributed by atoms with Gasteiger partial charge in [0.2, 0.25) is 0 Å². The summed E-state index contributed by atoms with van der Waals surface area (Å²) < 4.78 is 1.90. The molecule has 1 aromatic heterocycles. The van der Waals surface area contributed by atoms with Gasteiger partial charge < -0.3 is 10.4 Å². The third-order valence-corrected chi connectivity index (χ3v) is 3.93. The van der Waals surface area contributed by atoms with Crippen LogP contribution in [0.2, 0.25) is 0 Å². The number of aliphatic hydroxyl groups is 1. The number of para-hydroxylation sites is 1. The van der Waals surface area contributed by atoms with Crippen molar-refractivity contribution in [3.8, 4) is 5.69 Å². The highest BCUT2D eigenvalue weighted by Crippen LogP contribution is 2.18. The van der Waals surface area contributed by atoms with Gasteiger partial charge in [-0.25, -0.2) is 4.68 Å². The molecular formula is C16H21N3O. The van der Waals surface area contributed by atoms with Gasteiger partial charge in [-0.15, -0.1) is 0 Å². The molecule has 0 aliphatic heterocycles. The van der Waals surface area contributed by atoms with Gasteiger partial charge in [0.25, 0.3) is 0 Å². The van der Waals surface area contributed by atoms with E-state index >= 15 is 0 Å². The van der Waals surface area contributed by atoms with Crippen molar-refractivity contribution in [2.45, 2.75) is 44.4 Å². The molecule has 1 aliphatic carbocycles. The molecule has 20 heavy (non-hydrogen) atoms. The van der Waals surface area contributed by atoms with Crippen LogP contribution in [0.4, 0.5) is 0 Å². The van der Waals surface area contributed by atoms with E-state index in [0.717, 1.165) is 43.6 Å². The Labute approximate surface area is 119 Å². The molecule has 1 fully saturated rings.